The molecule has 1 fully saturated rings. The lowest BCUT2D eigenvalue weighted by Gasteiger charge is -2.34. The number of methoxy groups -OCH3 is 1. The fourth-order valence-corrected chi connectivity index (χ4v) is 2.78. The van der Waals surface area contributed by atoms with E-state index in [-0.39, 0.29) is 35.9 Å². The second-order valence-electron chi connectivity index (χ2n) is 6.27. The summed E-state index contributed by atoms with van der Waals surface area (Å²) in [7, 11) is 1.46. The number of halogens is 1. The third kappa shape index (κ3) is 6.87. The van der Waals surface area contributed by atoms with Gasteiger partial charge in [-0.1, -0.05) is 6.92 Å². The summed E-state index contributed by atoms with van der Waals surface area (Å²) < 4.78 is 10.2. The molecule has 0 spiro atoms. The molecule has 0 aliphatic carbocycles. The second-order valence-corrected chi connectivity index (χ2v) is 6.27. The van der Waals surface area contributed by atoms with E-state index in [4.69, 9.17) is 14.1 Å². The second kappa shape index (κ2) is 11.4. The normalized spacial score (nSPS) is 16.9. The average molecular weight is 463 g/mol. The quantitative estimate of drug-likeness (QED) is 0.304. The van der Waals surface area contributed by atoms with Gasteiger partial charge in [-0.05, 0) is 38.3 Å². The first-order chi connectivity index (χ1) is 11.6. The molecule has 142 valence electrons. The summed E-state index contributed by atoms with van der Waals surface area (Å²) in [4.78, 5) is 18.7. The lowest BCUT2D eigenvalue weighted by Crippen LogP contribution is -2.49. The van der Waals surface area contributed by atoms with Gasteiger partial charge in [0.25, 0.3) is 0 Å². The molecule has 1 aliphatic rings. The maximum atomic E-state index is 11.7. The van der Waals surface area contributed by atoms with Gasteiger partial charge >= 0.3 is 5.97 Å². The highest BCUT2D eigenvalue weighted by atomic mass is 127. The molecule has 2 heterocycles. The molecule has 1 saturated heterocycles. The molecule has 1 aromatic heterocycles. The molecule has 0 bridgehead atoms. The van der Waals surface area contributed by atoms with E-state index >= 15 is 0 Å². The monoisotopic (exact) mass is 463 g/mol. The minimum absolute atomic E-state index is 0. The number of carbonyl (C=O) groups excluding carboxylic acids is 1. The van der Waals surface area contributed by atoms with Gasteiger partial charge in [0, 0.05) is 32.1 Å². The Balaban J connectivity index is 0.00000312. The number of esters is 1. The van der Waals surface area contributed by atoms with Crippen LogP contribution in [0.25, 0.3) is 0 Å². The molecule has 0 aromatic carbocycles. The number of aliphatic imine (C=N–C) groups is 1. The summed E-state index contributed by atoms with van der Waals surface area (Å²) >= 11 is 0. The zero-order chi connectivity index (χ0) is 17.4. The molecule has 1 N–H and O–H groups in total. The lowest BCUT2D eigenvalue weighted by atomic mass is 9.97. The van der Waals surface area contributed by atoms with Crippen LogP contribution in [0.5, 0.6) is 0 Å². The SMILES string of the molecule is CCC(C)NC(=NCCc1ccco1)N1CCC(C(=O)OC)CC1.I. The van der Waals surface area contributed by atoms with Crippen molar-refractivity contribution in [2.75, 3.05) is 26.7 Å². The van der Waals surface area contributed by atoms with Crippen molar-refractivity contribution < 1.29 is 13.9 Å². The summed E-state index contributed by atoms with van der Waals surface area (Å²) in [5.41, 5.74) is 0. The maximum Gasteiger partial charge on any atom is 0.308 e. The van der Waals surface area contributed by atoms with Gasteiger partial charge in [0.2, 0.25) is 0 Å². The Kier molecular flexibility index (Phi) is 9.92. The number of hydrogen-bond donors (Lipinski definition) is 1. The van der Waals surface area contributed by atoms with E-state index < -0.39 is 0 Å². The summed E-state index contributed by atoms with van der Waals surface area (Å²) in [6.45, 7) is 6.64. The highest BCUT2D eigenvalue weighted by Crippen LogP contribution is 2.18. The highest BCUT2D eigenvalue weighted by Gasteiger charge is 2.27. The van der Waals surface area contributed by atoms with Gasteiger partial charge in [0.05, 0.1) is 19.3 Å². The first-order valence-corrected chi connectivity index (χ1v) is 8.80. The Morgan fingerprint density at radius 2 is 2.20 bits per heavy atom. The minimum atomic E-state index is -0.0964. The topological polar surface area (TPSA) is 67.1 Å². The molecule has 1 aromatic rings. The number of rotatable bonds is 6. The van der Waals surface area contributed by atoms with Crippen LogP contribution in [0.4, 0.5) is 0 Å². The van der Waals surface area contributed by atoms with Crippen molar-refractivity contribution in [1.29, 1.82) is 0 Å². The molecule has 0 radical (unpaired) electrons. The van der Waals surface area contributed by atoms with Gasteiger partial charge in [-0.3, -0.25) is 9.79 Å². The number of nitrogens with zero attached hydrogens (tertiary/aromatic N) is 2. The number of nitrogens with one attached hydrogen (secondary N) is 1. The summed E-state index contributed by atoms with van der Waals surface area (Å²) in [6, 6.07) is 4.24. The molecule has 1 aliphatic heterocycles. The summed E-state index contributed by atoms with van der Waals surface area (Å²) in [5.74, 6) is 1.80. The number of guanidine groups is 1. The van der Waals surface area contributed by atoms with Crippen molar-refractivity contribution in [3.05, 3.63) is 24.2 Å². The van der Waals surface area contributed by atoms with Crippen LogP contribution in [0.2, 0.25) is 0 Å². The maximum absolute atomic E-state index is 11.7. The van der Waals surface area contributed by atoms with E-state index in [2.05, 4.69) is 24.1 Å². The van der Waals surface area contributed by atoms with Crippen LogP contribution in [0.1, 0.15) is 38.9 Å². The fourth-order valence-electron chi connectivity index (χ4n) is 2.78. The van der Waals surface area contributed by atoms with Crippen LogP contribution in [0.3, 0.4) is 0 Å². The summed E-state index contributed by atoms with van der Waals surface area (Å²) in [6.07, 6.45) is 5.14. The number of ether oxygens (including phenoxy) is 1. The molecule has 25 heavy (non-hydrogen) atoms. The predicted octanol–water partition coefficient (Wildman–Crippen LogP) is 3.07. The number of hydrogen-bond acceptors (Lipinski definition) is 4. The highest BCUT2D eigenvalue weighted by molar-refractivity contribution is 14.0. The van der Waals surface area contributed by atoms with E-state index in [0.29, 0.717) is 12.6 Å². The van der Waals surface area contributed by atoms with E-state index in [0.717, 1.165) is 50.5 Å². The van der Waals surface area contributed by atoms with E-state index in [1.807, 2.05) is 12.1 Å². The third-order valence-corrected chi connectivity index (χ3v) is 4.52. The van der Waals surface area contributed by atoms with Crippen molar-refractivity contribution in [3.63, 3.8) is 0 Å². The number of furan rings is 1. The van der Waals surface area contributed by atoms with Gasteiger partial charge in [-0.15, -0.1) is 24.0 Å². The zero-order valence-corrected chi connectivity index (χ0v) is 17.7. The van der Waals surface area contributed by atoms with Crippen molar-refractivity contribution in [2.45, 2.75) is 45.6 Å². The molecule has 7 heteroatoms. The van der Waals surface area contributed by atoms with Crippen molar-refractivity contribution in [1.82, 2.24) is 10.2 Å². The van der Waals surface area contributed by atoms with Crippen molar-refractivity contribution in [3.8, 4) is 0 Å². The van der Waals surface area contributed by atoms with Gasteiger partial charge in [-0.2, -0.15) is 0 Å². The smallest absolute Gasteiger partial charge is 0.308 e. The van der Waals surface area contributed by atoms with Crippen LogP contribution < -0.4 is 5.32 Å². The number of likely N-dealkylation sites (tertiary alicyclic amines) is 1. The van der Waals surface area contributed by atoms with Crippen LogP contribution in [-0.4, -0.2) is 49.6 Å². The number of carbonyl (C=O) groups is 1. The molecule has 1 unspecified atom stereocenters. The first kappa shape index (κ1) is 21.8. The fraction of sp³-hybridized carbons (Fsp3) is 0.667. The first-order valence-electron chi connectivity index (χ1n) is 8.80. The van der Waals surface area contributed by atoms with Crippen LogP contribution in [0, 0.1) is 5.92 Å². The van der Waals surface area contributed by atoms with E-state index in [1.54, 1.807) is 6.26 Å². The Labute approximate surface area is 167 Å². The predicted molar refractivity (Wildman–Crippen MR) is 109 cm³/mol. The van der Waals surface area contributed by atoms with Crippen LogP contribution in [-0.2, 0) is 16.0 Å². The molecular formula is C18H30IN3O3. The van der Waals surface area contributed by atoms with Crippen LogP contribution >= 0.6 is 24.0 Å². The van der Waals surface area contributed by atoms with E-state index in [9.17, 15) is 4.79 Å². The standard InChI is InChI=1S/C18H29N3O3.HI/c1-4-14(2)20-18(19-10-7-16-6-5-13-24-16)21-11-8-15(9-12-21)17(22)23-3;/h5-6,13-15H,4,7-12H2,1-3H3,(H,19,20);1H. The Bertz CT molecular complexity index is 526. The minimum Gasteiger partial charge on any atom is -0.469 e. The van der Waals surface area contributed by atoms with Crippen molar-refractivity contribution >= 4 is 35.9 Å². The Hall–Kier alpha value is -1.25. The average Bonchev–Trinajstić information content (AvgIpc) is 3.13. The molecule has 0 saturated carbocycles. The lowest BCUT2D eigenvalue weighted by molar-refractivity contribution is -0.146. The van der Waals surface area contributed by atoms with Crippen molar-refractivity contribution in [2.24, 2.45) is 10.9 Å². The molecule has 1 atom stereocenters. The third-order valence-electron chi connectivity index (χ3n) is 4.52. The number of piperidine rings is 1. The van der Waals surface area contributed by atoms with Gasteiger partial charge < -0.3 is 19.4 Å². The van der Waals surface area contributed by atoms with E-state index in [1.165, 1.54) is 7.11 Å². The molecule has 2 rings (SSSR count). The van der Waals surface area contributed by atoms with Crippen LogP contribution in [0.15, 0.2) is 27.8 Å². The molecule has 0 amide bonds. The molecule has 6 nitrogen and oxygen atoms in total. The molecular weight excluding hydrogens is 433 g/mol. The van der Waals surface area contributed by atoms with Gasteiger partial charge in [-0.25, -0.2) is 0 Å². The largest absolute Gasteiger partial charge is 0.469 e. The zero-order valence-electron chi connectivity index (χ0n) is 15.4. The Morgan fingerprint density at radius 3 is 2.76 bits per heavy atom. The van der Waals surface area contributed by atoms with Gasteiger partial charge in [0.1, 0.15) is 5.76 Å². The summed E-state index contributed by atoms with van der Waals surface area (Å²) in [5, 5.41) is 3.50. The Morgan fingerprint density at radius 1 is 1.48 bits per heavy atom. The van der Waals surface area contributed by atoms with Gasteiger partial charge in [0.15, 0.2) is 5.96 Å².